The summed E-state index contributed by atoms with van der Waals surface area (Å²) in [5.74, 6) is 0.342. The maximum Gasteiger partial charge on any atom is 0.417 e. The van der Waals surface area contributed by atoms with E-state index in [-0.39, 0.29) is 11.8 Å². The number of carbonyl (C=O) groups is 2. The van der Waals surface area contributed by atoms with Crippen LogP contribution in [0.15, 0.2) is 17.3 Å². The molecule has 0 saturated carbocycles. The number of aromatic nitrogens is 2. The molecule has 1 atom stereocenters. The molecule has 1 aromatic rings. The van der Waals surface area contributed by atoms with Crippen molar-refractivity contribution in [1.29, 1.82) is 0 Å². The van der Waals surface area contributed by atoms with Gasteiger partial charge in [0.15, 0.2) is 0 Å². The molecule has 2 rings (SSSR count). The van der Waals surface area contributed by atoms with E-state index in [1.165, 1.54) is 4.90 Å². The number of nitrogens with one attached hydrogen (secondary N) is 1. The lowest BCUT2D eigenvalue weighted by molar-refractivity contribution is -0.127. The summed E-state index contributed by atoms with van der Waals surface area (Å²) in [5.41, 5.74) is -0.611. The second-order valence-electron chi connectivity index (χ2n) is 6.38. The fourth-order valence-corrected chi connectivity index (χ4v) is 2.48. The quantitative estimate of drug-likeness (QED) is 0.844. The van der Waals surface area contributed by atoms with E-state index < -0.39 is 11.7 Å². The first-order valence-electron chi connectivity index (χ1n) is 7.42. The van der Waals surface area contributed by atoms with Crippen LogP contribution in [0.4, 0.5) is 10.7 Å². The lowest BCUT2D eigenvalue weighted by atomic mass is 10.1. The third-order valence-corrected chi connectivity index (χ3v) is 3.91. The Hall–Kier alpha value is -1.83. The number of rotatable bonds is 4. The Morgan fingerprint density at radius 3 is 2.65 bits per heavy atom. The van der Waals surface area contributed by atoms with Gasteiger partial charge in [-0.2, -0.15) is 0 Å². The minimum atomic E-state index is -0.611. The monoisotopic (exact) mass is 338 g/mol. The van der Waals surface area contributed by atoms with Crippen molar-refractivity contribution in [3.8, 4) is 0 Å². The summed E-state index contributed by atoms with van der Waals surface area (Å²) in [6.07, 6.45) is 5.18. The van der Waals surface area contributed by atoms with E-state index in [1.807, 2.05) is 6.26 Å². The Kier molecular flexibility index (Phi) is 5.46. The number of carbonyl (C=O) groups excluding carboxylic acids is 2. The van der Waals surface area contributed by atoms with E-state index in [0.29, 0.717) is 25.5 Å². The van der Waals surface area contributed by atoms with Gasteiger partial charge in [-0.15, -0.1) is 11.8 Å². The van der Waals surface area contributed by atoms with Crippen molar-refractivity contribution in [2.75, 3.05) is 24.7 Å². The van der Waals surface area contributed by atoms with Crippen LogP contribution in [0.1, 0.15) is 27.2 Å². The van der Waals surface area contributed by atoms with Crippen LogP contribution in [0.25, 0.3) is 0 Å². The predicted octanol–water partition coefficient (Wildman–Crippen LogP) is 2.39. The molecule has 1 fully saturated rings. The number of hydrogen-bond donors (Lipinski definition) is 1. The van der Waals surface area contributed by atoms with E-state index in [4.69, 9.17) is 4.74 Å². The minimum Gasteiger partial charge on any atom is -0.443 e. The summed E-state index contributed by atoms with van der Waals surface area (Å²) in [4.78, 5) is 34.5. The molecule has 0 spiro atoms. The summed E-state index contributed by atoms with van der Waals surface area (Å²) in [6.45, 7) is 6.22. The summed E-state index contributed by atoms with van der Waals surface area (Å²) >= 11 is 1.57. The molecule has 1 aromatic heterocycles. The number of imide groups is 1. The van der Waals surface area contributed by atoms with Crippen molar-refractivity contribution >= 4 is 29.7 Å². The van der Waals surface area contributed by atoms with Gasteiger partial charge in [-0.3, -0.25) is 4.79 Å². The van der Waals surface area contributed by atoms with E-state index in [0.717, 1.165) is 4.90 Å². The Bertz CT molecular complexity index is 571. The first-order valence-corrected chi connectivity index (χ1v) is 8.64. The maximum absolute atomic E-state index is 12.0. The largest absolute Gasteiger partial charge is 0.443 e. The Morgan fingerprint density at radius 1 is 1.43 bits per heavy atom. The molecule has 0 radical (unpaired) electrons. The molecule has 2 heterocycles. The molecule has 1 aliphatic rings. The second-order valence-corrected chi connectivity index (χ2v) is 7.26. The Morgan fingerprint density at radius 2 is 2.09 bits per heavy atom. The Labute approximate surface area is 140 Å². The average molecular weight is 338 g/mol. The van der Waals surface area contributed by atoms with Gasteiger partial charge in [-0.1, -0.05) is 0 Å². The van der Waals surface area contributed by atoms with Crippen molar-refractivity contribution in [3.63, 3.8) is 0 Å². The van der Waals surface area contributed by atoms with Gasteiger partial charge >= 0.3 is 6.09 Å². The Balaban J connectivity index is 1.86. The van der Waals surface area contributed by atoms with Crippen LogP contribution in [0.5, 0.6) is 0 Å². The first-order chi connectivity index (χ1) is 10.8. The number of hydrogen-bond acceptors (Lipinski definition) is 7. The topological polar surface area (TPSA) is 84.4 Å². The molecule has 23 heavy (non-hydrogen) atoms. The number of ether oxygens (including phenoxy) is 1. The van der Waals surface area contributed by atoms with Crippen LogP contribution in [-0.4, -0.2) is 51.8 Å². The van der Waals surface area contributed by atoms with Gasteiger partial charge in [0.2, 0.25) is 11.9 Å². The molecule has 1 aliphatic heterocycles. The molecule has 0 aliphatic carbocycles. The van der Waals surface area contributed by atoms with Crippen molar-refractivity contribution in [1.82, 2.24) is 14.9 Å². The van der Waals surface area contributed by atoms with Crippen LogP contribution in [0.3, 0.4) is 0 Å². The zero-order valence-electron chi connectivity index (χ0n) is 13.8. The highest BCUT2D eigenvalue weighted by Gasteiger charge is 2.36. The number of amides is 2. The number of anilines is 1. The van der Waals surface area contributed by atoms with Crippen molar-refractivity contribution in [2.24, 2.45) is 5.92 Å². The predicted molar refractivity (Wildman–Crippen MR) is 88.4 cm³/mol. The van der Waals surface area contributed by atoms with E-state index in [9.17, 15) is 9.59 Å². The van der Waals surface area contributed by atoms with Crippen LogP contribution in [0, 0.1) is 5.92 Å². The van der Waals surface area contributed by atoms with Crippen molar-refractivity contribution in [3.05, 3.63) is 12.4 Å². The maximum atomic E-state index is 12.0. The van der Waals surface area contributed by atoms with E-state index in [2.05, 4.69) is 15.3 Å². The molecule has 1 saturated heterocycles. The summed E-state index contributed by atoms with van der Waals surface area (Å²) in [6, 6.07) is 0. The van der Waals surface area contributed by atoms with Gasteiger partial charge in [0.25, 0.3) is 0 Å². The van der Waals surface area contributed by atoms with Crippen LogP contribution in [0.2, 0.25) is 0 Å². The number of likely N-dealkylation sites (tertiary alicyclic amines) is 1. The smallest absolute Gasteiger partial charge is 0.417 e. The summed E-state index contributed by atoms with van der Waals surface area (Å²) < 4.78 is 5.25. The molecule has 126 valence electrons. The van der Waals surface area contributed by atoms with Gasteiger partial charge in [0, 0.05) is 42.7 Å². The second kappa shape index (κ2) is 7.16. The molecule has 8 heteroatoms. The third-order valence-electron chi connectivity index (χ3n) is 3.23. The van der Waals surface area contributed by atoms with Crippen LogP contribution >= 0.6 is 11.8 Å². The van der Waals surface area contributed by atoms with Gasteiger partial charge in [0.05, 0.1) is 0 Å². The lowest BCUT2D eigenvalue weighted by Gasteiger charge is -2.23. The van der Waals surface area contributed by atoms with Gasteiger partial charge in [0.1, 0.15) is 5.60 Å². The molecule has 1 N–H and O–H groups in total. The zero-order valence-corrected chi connectivity index (χ0v) is 14.6. The molecule has 0 aromatic carbocycles. The molecular weight excluding hydrogens is 316 g/mol. The third kappa shape index (κ3) is 5.09. The molecule has 1 unspecified atom stereocenters. The van der Waals surface area contributed by atoms with Gasteiger partial charge in [-0.05, 0) is 27.0 Å². The highest BCUT2D eigenvalue weighted by atomic mass is 32.2. The fraction of sp³-hybridized carbons (Fsp3) is 0.600. The summed E-state index contributed by atoms with van der Waals surface area (Å²) in [5, 5.41) is 3.10. The van der Waals surface area contributed by atoms with Crippen LogP contribution in [-0.2, 0) is 9.53 Å². The van der Waals surface area contributed by atoms with Crippen molar-refractivity contribution < 1.29 is 14.3 Å². The van der Waals surface area contributed by atoms with Gasteiger partial charge in [-0.25, -0.2) is 19.7 Å². The van der Waals surface area contributed by atoms with E-state index >= 15 is 0 Å². The fourth-order valence-electron chi connectivity index (χ4n) is 2.16. The van der Waals surface area contributed by atoms with Crippen molar-refractivity contribution in [2.45, 2.75) is 37.7 Å². The standard InChI is InChI=1S/C15H22N4O3S/c1-15(2,3)22-14(21)19-9-10(5-12(19)20)6-16-13-17-7-11(23-4)8-18-13/h7-8,10H,5-6,9H2,1-4H3,(H,16,17,18). The first kappa shape index (κ1) is 17.5. The normalized spacial score (nSPS) is 18.2. The SMILES string of the molecule is CSc1cnc(NCC2CC(=O)N(C(=O)OC(C)(C)C)C2)nc1. The number of thioether (sulfide) groups is 1. The number of nitrogens with zero attached hydrogens (tertiary/aromatic N) is 3. The molecule has 7 nitrogen and oxygen atoms in total. The summed E-state index contributed by atoms with van der Waals surface area (Å²) in [7, 11) is 0. The van der Waals surface area contributed by atoms with Gasteiger partial charge < -0.3 is 10.1 Å². The van der Waals surface area contributed by atoms with Crippen LogP contribution < -0.4 is 5.32 Å². The molecule has 2 amide bonds. The highest BCUT2D eigenvalue weighted by Crippen LogP contribution is 2.21. The minimum absolute atomic E-state index is 0.0267. The molecular formula is C15H22N4O3S. The lowest BCUT2D eigenvalue weighted by Crippen LogP contribution is -2.38. The zero-order chi connectivity index (χ0) is 17.0. The molecule has 0 bridgehead atoms. The highest BCUT2D eigenvalue weighted by molar-refractivity contribution is 7.98. The van der Waals surface area contributed by atoms with E-state index in [1.54, 1.807) is 44.9 Å². The average Bonchev–Trinajstić information content (AvgIpc) is 2.85.